The van der Waals surface area contributed by atoms with Crippen LogP contribution in [0.1, 0.15) is 29.8 Å². The molecule has 0 fully saturated rings. The molecule has 0 heterocycles. The molecule has 120 valence electrons. The van der Waals surface area contributed by atoms with E-state index in [0.29, 0.717) is 22.9 Å². The van der Waals surface area contributed by atoms with Gasteiger partial charge in [-0.1, -0.05) is 23.2 Å². The van der Waals surface area contributed by atoms with Gasteiger partial charge in [-0.05, 0) is 61.9 Å². The summed E-state index contributed by atoms with van der Waals surface area (Å²) in [7, 11) is 0. The lowest BCUT2D eigenvalue weighted by Gasteiger charge is -2.06. The Morgan fingerprint density at radius 1 is 1.17 bits per heavy atom. The van der Waals surface area contributed by atoms with Gasteiger partial charge in [-0.25, -0.2) is 5.43 Å². The van der Waals surface area contributed by atoms with Gasteiger partial charge in [-0.15, -0.1) is 0 Å². The fraction of sp³-hybridized carbons (Fsp3) is 0.176. The number of nitrogens with zero attached hydrogens (tertiary/aromatic N) is 1. The zero-order chi connectivity index (χ0) is 16.8. The molecular formula is C17H16Cl2N2O2. The van der Waals surface area contributed by atoms with E-state index < -0.39 is 5.91 Å². The van der Waals surface area contributed by atoms with Crippen LogP contribution in [0.3, 0.4) is 0 Å². The molecule has 6 heteroatoms. The molecule has 0 bridgehead atoms. The van der Waals surface area contributed by atoms with Crippen molar-refractivity contribution in [1.82, 2.24) is 5.43 Å². The first kappa shape index (κ1) is 17.3. The highest BCUT2D eigenvalue weighted by atomic mass is 35.5. The van der Waals surface area contributed by atoms with Gasteiger partial charge < -0.3 is 4.74 Å². The van der Waals surface area contributed by atoms with E-state index in [9.17, 15) is 4.79 Å². The first-order valence-corrected chi connectivity index (χ1v) is 7.79. The van der Waals surface area contributed by atoms with Crippen molar-refractivity contribution in [2.45, 2.75) is 13.8 Å². The van der Waals surface area contributed by atoms with E-state index in [1.807, 2.05) is 31.2 Å². The van der Waals surface area contributed by atoms with Crippen molar-refractivity contribution >= 4 is 34.8 Å². The van der Waals surface area contributed by atoms with E-state index in [1.165, 1.54) is 6.07 Å². The average molecular weight is 351 g/mol. The molecular weight excluding hydrogens is 335 g/mol. The minimum Gasteiger partial charge on any atom is -0.494 e. The van der Waals surface area contributed by atoms with E-state index in [2.05, 4.69) is 10.5 Å². The maximum absolute atomic E-state index is 12.1. The molecule has 1 N–H and O–H groups in total. The fourth-order valence-electron chi connectivity index (χ4n) is 1.89. The summed E-state index contributed by atoms with van der Waals surface area (Å²) in [4.78, 5) is 12.1. The molecule has 0 atom stereocenters. The zero-order valence-corrected chi connectivity index (χ0v) is 14.3. The maximum atomic E-state index is 12.1. The van der Waals surface area contributed by atoms with Crippen LogP contribution < -0.4 is 10.2 Å². The van der Waals surface area contributed by atoms with Crippen molar-refractivity contribution < 1.29 is 9.53 Å². The summed E-state index contributed by atoms with van der Waals surface area (Å²) in [6.07, 6.45) is 0. The smallest absolute Gasteiger partial charge is 0.272 e. The van der Waals surface area contributed by atoms with Crippen LogP contribution in [0, 0.1) is 0 Å². The summed E-state index contributed by atoms with van der Waals surface area (Å²) in [6, 6.07) is 12.1. The van der Waals surface area contributed by atoms with E-state index in [0.717, 1.165) is 11.3 Å². The number of hydrazone groups is 1. The largest absolute Gasteiger partial charge is 0.494 e. The van der Waals surface area contributed by atoms with E-state index in [1.54, 1.807) is 19.1 Å². The highest BCUT2D eigenvalue weighted by Crippen LogP contribution is 2.20. The number of hydrogen-bond acceptors (Lipinski definition) is 3. The minimum atomic E-state index is -0.392. The van der Waals surface area contributed by atoms with Crippen LogP contribution >= 0.6 is 23.2 Å². The number of halogens is 2. The molecule has 2 aromatic carbocycles. The summed E-state index contributed by atoms with van der Waals surface area (Å²) >= 11 is 11.8. The number of benzene rings is 2. The summed E-state index contributed by atoms with van der Waals surface area (Å²) in [5.74, 6) is 0.401. The SMILES string of the molecule is CCOc1ccc(/C(C)=N\NC(=O)c2ccc(Cl)cc2Cl)cc1. The summed E-state index contributed by atoms with van der Waals surface area (Å²) in [5.41, 5.74) is 4.36. The molecule has 0 aliphatic carbocycles. The van der Waals surface area contributed by atoms with E-state index in [4.69, 9.17) is 27.9 Å². The molecule has 0 aromatic heterocycles. The number of carbonyl (C=O) groups is 1. The second-order valence-corrected chi connectivity index (χ2v) is 5.56. The lowest BCUT2D eigenvalue weighted by molar-refractivity contribution is 0.0955. The van der Waals surface area contributed by atoms with Crippen LogP contribution in [-0.4, -0.2) is 18.2 Å². The first-order chi connectivity index (χ1) is 11.0. The van der Waals surface area contributed by atoms with Gasteiger partial charge in [0.2, 0.25) is 0 Å². The second-order valence-electron chi connectivity index (χ2n) is 4.72. The van der Waals surface area contributed by atoms with Gasteiger partial charge in [0, 0.05) is 5.02 Å². The minimum absolute atomic E-state index is 0.281. The van der Waals surface area contributed by atoms with Crippen LogP contribution in [-0.2, 0) is 0 Å². The molecule has 0 radical (unpaired) electrons. The van der Waals surface area contributed by atoms with Gasteiger partial charge in [0.05, 0.1) is 22.9 Å². The van der Waals surface area contributed by atoms with E-state index >= 15 is 0 Å². The van der Waals surface area contributed by atoms with Crippen LogP contribution in [0.15, 0.2) is 47.6 Å². The standard InChI is InChI=1S/C17H16Cl2N2O2/c1-3-23-14-7-4-12(5-8-14)11(2)20-21-17(22)15-9-6-13(18)10-16(15)19/h4-10H,3H2,1-2H3,(H,21,22)/b20-11-. The van der Waals surface area contributed by atoms with E-state index in [-0.39, 0.29) is 5.02 Å². The Hall–Kier alpha value is -2.04. The quantitative estimate of drug-likeness (QED) is 0.635. The summed E-state index contributed by atoms with van der Waals surface area (Å²) < 4.78 is 5.38. The molecule has 1 amide bonds. The van der Waals surface area contributed by atoms with Gasteiger partial charge >= 0.3 is 0 Å². The van der Waals surface area contributed by atoms with Crippen LogP contribution in [0.2, 0.25) is 10.0 Å². The van der Waals surface area contributed by atoms with Gasteiger partial charge in [0.15, 0.2) is 0 Å². The Kier molecular flexibility index (Phi) is 6.02. The Bertz CT molecular complexity index is 728. The predicted molar refractivity (Wildman–Crippen MR) is 93.8 cm³/mol. The van der Waals surface area contributed by atoms with Crippen LogP contribution in [0.4, 0.5) is 0 Å². The van der Waals surface area contributed by atoms with Crippen molar-refractivity contribution in [3.05, 3.63) is 63.6 Å². The number of rotatable bonds is 5. The van der Waals surface area contributed by atoms with Crippen molar-refractivity contribution in [1.29, 1.82) is 0 Å². The molecule has 0 aliphatic heterocycles. The molecule has 0 unspecified atom stereocenters. The van der Waals surface area contributed by atoms with Gasteiger partial charge in [-0.2, -0.15) is 5.10 Å². The predicted octanol–water partition coefficient (Wildman–Crippen LogP) is 4.55. The Morgan fingerprint density at radius 3 is 2.48 bits per heavy atom. The van der Waals surface area contributed by atoms with Crippen molar-refractivity contribution in [3.8, 4) is 5.75 Å². The summed E-state index contributed by atoms with van der Waals surface area (Å²) in [5, 5.41) is 4.85. The van der Waals surface area contributed by atoms with Crippen LogP contribution in [0.25, 0.3) is 0 Å². The zero-order valence-electron chi connectivity index (χ0n) is 12.8. The topological polar surface area (TPSA) is 50.7 Å². The second kappa shape index (κ2) is 7.99. The third-order valence-electron chi connectivity index (χ3n) is 3.08. The van der Waals surface area contributed by atoms with Gasteiger partial charge in [-0.3, -0.25) is 4.79 Å². The molecule has 23 heavy (non-hydrogen) atoms. The normalized spacial score (nSPS) is 11.2. The lowest BCUT2D eigenvalue weighted by Crippen LogP contribution is -2.19. The van der Waals surface area contributed by atoms with Crippen LogP contribution in [0.5, 0.6) is 5.75 Å². The first-order valence-electron chi connectivity index (χ1n) is 7.04. The lowest BCUT2D eigenvalue weighted by atomic mass is 10.1. The molecule has 0 spiro atoms. The molecule has 2 aromatic rings. The van der Waals surface area contributed by atoms with Crippen molar-refractivity contribution in [2.75, 3.05) is 6.61 Å². The molecule has 2 rings (SSSR count). The Morgan fingerprint density at radius 2 is 1.87 bits per heavy atom. The molecule has 0 saturated carbocycles. The molecule has 4 nitrogen and oxygen atoms in total. The van der Waals surface area contributed by atoms with Gasteiger partial charge in [0.25, 0.3) is 5.91 Å². The van der Waals surface area contributed by atoms with Gasteiger partial charge in [0.1, 0.15) is 5.75 Å². The third-order valence-corrected chi connectivity index (χ3v) is 3.63. The number of ether oxygens (including phenoxy) is 1. The Labute approximate surface area is 145 Å². The fourth-order valence-corrected chi connectivity index (χ4v) is 2.39. The monoisotopic (exact) mass is 350 g/mol. The number of amides is 1. The Balaban J connectivity index is 2.07. The van der Waals surface area contributed by atoms with Crippen molar-refractivity contribution in [3.63, 3.8) is 0 Å². The highest BCUT2D eigenvalue weighted by molar-refractivity contribution is 6.36. The molecule has 0 saturated heterocycles. The summed E-state index contributed by atoms with van der Waals surface area (Å²) in [6.45, 7) is 4.35. The third kappa shape index (κ3) is 4.71. The maximum Gasteiger partial charge on any atom is 0.272 e. The molecule has 0 aliphatic rings. The number of carbonyl (C=O) groups excluding carboxylic acids is 1. The van der Waals surface area contributed by atoms with Crippen molar-refractivity contribution in [2.24, 2.45) is 5.10 Å². The average Bonchev–Trinajstić information content (AvgIpc) is 2.53. The highest BCUT2D eigenvalue weighted by Gasteiger charge is 2.10. The number of nitrogens with one attached hydrogen (secondary N) is 1. The number of hydrogen-bond donors (Lipinski definition) is 1.